The summed E-state index contributed by atoms with van der Waals surface area (Å²) in [7, 11) is 0. The Bertz CT molecular complexity index is 2810. The first-order valence-corrected chi connectivity index (χ1v) is 22.5. The van der Waals surface area contributed by atoms with Crippen LogP contribution in [0.2, 0.25) is 0 Å². The molecule has 0 aliphatic carbocycles. The van der Waals surface area contributed by atoms with Gasteiger partial charge in [-0.2, -0.15) is 21.0 Å². The number of hydrogen-bond donors (Lipinski definition) is 3. The Labute approximate surface area is 407 Å². The second-order valence-corrected chi connectivity index (χ2v) is 15.5. The standard InChI is InChI=1S/C16H11NO3S.2C9H6BrNO.C9H7NO.C7H6O2S/c17-9-11-3-1-4-12(7-11)15(18)10-21-14-6-2-5-13(8-14)16(19)20;2*10-5-9(12)8-3-1-2-7(4-8)6-11;1-7(11)9-4-2-3-8(5-9)6-10;8-7(9)5-2-1-3-6(10)4-5/h1-8H,10H2,(H,19,20);2*1-4H,5H2;2-5H,1H3;1-4,10H,(H,8,9). The van der Waals surface area contributed by atoms with Crippen LogP contribution in [0.15, 0.2) is 155 Å². The van der Waals surface area contributed by atoms with Crippen LogP contribution in [0.25, 0.3) is 0 Å². The number of nitriles is 4. The summed E-state index contributed by atoms with van der Waals surface area (Å²) in [4.78, 5) is 67.7. The summed E-state index contributed by atoms with van der Waals surface area (Å²) in [6.45, 7) is 1.48. The molecule has 66 heavy (non-hydrogen) atoms. The number of benzene rings is 6. The third kappa shape index (κ3) is 19.9. The zero-order valence-corrected chi connectivity index (χ0v) is 39.6. The molecule has 0 unspecified atom stereocenters. The van der Waals surface area contributed by atoms with Crippen molar-refractivity contribution in [3.63, 3.8) is 0 Å². The van der Waals surface area contributed by atoms with Gasteiger partial charge in [-0.05, 0) is 91.9 Å². The van der Waals surface area contributed by atoms with E-state index >= 15 is 0 Å². The summed E-state index contributed by atoms with van der Waals surface area (Å²) in [6, 6.07) is 47.3. The van der Waals surface area contributed by atoms with Crippen LogP contribution in [0.4, 0.5) is 0 Å². The van der Waals surface area contributed by atoms with Crippen LogP contribution >= 0.6 is 56.3 Å². The number of aromatic carboxylic acids is 2. The van der Waals surface area contributed by atoms with Crippen molar-refractivity contribution in [3.05, 3.63) is 201 Å². The highest BCUT2D eigenvalue weighted by Gasteiger charge is 2.10. The van der Waals surface area contributed by atoms with E-state index in [1.807, 2.05) is 24.3 Å². The minimum absolute atomic E-state index is 0.00731. The van der Waals surface area contributed by atoms with Gasteiger partial charge in [-0.1, -0.05) is 92.5 Å². The third-order valence-electron chi connectivity index (χ3n) is 8.13. The molecule has 0 saturated heterocycles. The van der Waals surface area contributed by atoms with E-state index < -0.39 is 11.9 Å². The molecule has 12 nitrogen and oxygen atoms in total. The van der Waals surface area contributed by atoms with E-state index in [2.05, 4.69) is 44.5 Å². The molecule has 330 valence electrons. The minimum Gasteiger partial charge on any atom is -0.478 e. The number of alkyl halides is 2. The fourth-order valence-electron chi connectivity index (χ4n) is 4.84. The SMILES string of the molecule is CC(=O)c1cccc(C#N)c1.N#Cc1cccc(C(=O)CBr)c1.N#Cc1cccc(C(=O)CBr)c1.N#Cc1cccc(C(=O)CSc2cccc(C(=O)O)c2)c1.O=C(O)c1cccc(S)c1. The molecule has 0 bridgehead atoms. The Morgan fingerprint density at radius 2 is 0.818 bits per heavy atom. The van der Waals surface area contributed by atoms with E-state index in [-0.39, 0.29) is 40.0 Å². The van der Waals surface area contributed by atoms with Crippen LogP contribution in [0.1, 0.15) is 91.3 Å². The van der Waals surface area contributed by atoms with Gasteiger partial charge in [0.25, 0.3) is 0 Å². The highest BCUT2D eigenvalue weighted by atomic mass is 79.9. The fourth-order valence-corrected chi connectivity index (χ4v) is 6.56. The number of Topliss-reactive ketones (excluding diaryl/α,β-unsaturated/α-hetero) is 4. The smallest absolute Gasteiger partial charge is 0.335 e. The molecule has 0 amide bonds. The Morgan fingerprint density at radius 1 is 0.485 bits per heavy atom. The van der Waals surface area contributed by atoms with Gasteiger partial charge in [0.15, 0.2) is 23.1 Å². The molecule has 2 N–H and O–H groups in total. The van der Waals surface area contributed by atoms with Crippen LogP contribution in [0.3, 0.4) is 0 Å². The molecule has 0 heterocycles. The van der Waals surface area contributed by atoms with Crippen molar-refractivity contribution in [2.45, 2.75) is 16.7 Å². The van der Waals surface area contributed by atoms with Crippen molar-refractivity contribution in [2.24, 2.45) is 0 Å². The van der Waals surface area contributed by atoms with Crippen molar-refractivity contribution in [1.82, 2.24) is 0 Å². The summed E-state index contributed by atoms with van der Waals surface area (Å²) in [5, 5.41) is 52.4. The molecule has 0 aromatic heterocycles. The average molecular weight is 1040 g/mol. The molecule has 0 fully saturated rings. The van der Waals surface area contributed by atoms with Crippen molar-refractivity contribution >= 4 is 91.3 Å². The maximum absolute atomic E-state index is 12.1. The number of halogens is 2. The van der Waals surface area contributed by atoms with E-state index in [1.165, 1.54) is 43.0 Å². The molecule has 16 heteroatoms. The quantitative estimate of drug-likeness (QED) is 0.0474. The molecule has 0 radical (unpaired) electrons. The van der Waals surface area contributed by atoms with Crippen molar-refractivity contribution in [2.75, 3.05) is 16.4 Å². The molecule has 6 aromatic carbocycles. The van der Waals surface area contributed by atoms with E-state index in [4.69, 9.17) is 31.3 Å². The summed E-state index contributed by atoms with van der Waals surface area (Å²) in [6.07, 6.45) is 0. The Hall–Kier alpha value is -7.44. The van der Waals surface area contributed by atoms with Gasteiger partial charge in [-0.3, -0.25) is 19.2 Å². The van der Waals surface area contributed by atoms with Crippen molar-refractivity contribution < 1.29 is 39.0 Å². The topological polar surface area (TPSA) is 238 Å². The molecular formula is C50H36Br2N4O8S2. The third-order valence-corrected chi connectivity index (χ3v) is 10.4. The number of ketones is 4. The van der Waals surface area contributed by atoms with Gasteiger partial charge in [0, 0.05) is 32.0 Å². The lowest BCUT2D eigenvalue weighted by Gasteiger charge is -2.03. The highest BCUT2D eigenvalue weighted by Crippen LogP contribution is 2.21. The molecule has 0 spiro atoms. The summed E-state index contributed by atoms with van der Waals surface area (Å²) in [5.74, 6) is -1.85. The molecule has 0 atom stereocenters. The van der Waals surface area contributed by atoms with Gasteiger partial charge in [0.2, 0.25) is 0 Å². The maximum Gasteiger partial charge on any atom is 0.335 e. The van der Waals surface area contributed by atoms with Gasteiger partial charge < -0.3 is 10.2 Å². The molecule has 0 saturated carbocycles. The summed E-state index contributed by atoms with van der Waals surface area (Å²) in [5.41, 5.74) is 4.68. The van der Waals surface area contributed by atoms with Gasteiger partial charge >= 0.3 is 11.9 Å². The largest absolute Gasteiger partial charge is 0.478 e. The number of nitrogens with zero attached hydrogens (tertiary/aromatic N) is 4. The lowest BCUT2D eigenvalue weighted by Crippen LogP contribution is -2.03. The Kier molecular flexibility index (Phi) is 24.7. The second kappa shape index (κ2) is 29.8. The van der Waals surface area contributed by atoms with Crippen LogP contribution in [0.5, 0.6) is 0 Å². The molecular weight excluding hydrogens is 1010 g/mol. The normalized spacial score (nSPS) is 9.27. The average Bonchev–Trinajstić information content (AvgIpc) is 3.35. The second-order valence-electron chi connectivity index (χ2n) is 12.8. The van der Waals surface area contributed by atoms with Crippen molar-refractivity contribution in [3.8, 4) is 24.3 Å². The minimum atomic E-state index is -0.995. The van der Waals surface area contributed by atoms with E-state index in [1.54, 1.807) is 121 Å². The van der Waals surface area contributed by atoms with Crippen molar-refractivity contribution in [1.29, 1.82) is 21.0 Å². The van der Waals surface area contributed by atoms with Gasteiger partial charge in [-0.25, -0.2) is 9.59 Å². The van der Waals surface area contributed by atoms with Gasteiger partial charge in [0.05, 0.1) is 74.1 Å². The van der Waals surface area contributed by atoms with E-state index in [9.17, 15) is 28.8 Å². The van der Waals surface area contributed by atoms with Crippen LogP contribution in [0, 0.1) is 45.3 Å². The monoisotopic (exact) mass is 1040 g/mol. The summed E-state index contributed by atoms with van der Waals surface area (Å²) >= 11 is 11.4. The number of carbonyl (C=O) groups excluding carboxylic acids is 4. The number of thioether (sulfide) groups is 1. The van der Waals surface area contributed by atoms with Crippen LogP contribution in [-0.2, 0) is 0 Å². The lowest BCUT2D eigenvalue weighted by atomic mass is 10.1. The number of hydrogen-bond acceptors (Lipinski definition) is 12. The zero-order chi connectivity index (χ0) is 49.0. The lowest BCUT2D eigenvalue weighted by molar-refractivity contribution is 0.0685. The molecule has 6 rings (SSSR count). The summed E-state index contributed by atoms with van der Waals surface area (Å²) < 4.78 is 0. The fraction of sp³-hybridized carbons (Fsp3) is 0.0800. The van der Waals surface area contributed by atoms with Crippen LogP contribution < -0.4 is 0 Å². The van der Waals surface area contributed by atoms with E-state index in [0.29, 0.717) is 60.1 Å². The molecule has 0 aliphatic heterocycles. The highest BCUT2D eigenvalue weighted by molar-refractivity contribution is 9.09. The number of carboxylic acid groups (broad SMARTS) is 2. The first-order valence-electron chi connectivity index (χ1n) is 18.8. The number of carboxylic acids is 2. The zero-order valence-electron chi connectivity index (χ0n) is 34.7. The first kappa shape index (κ1) is 54.7. The Morgan fingerprint density at radius 3 is 1.17 bits per heavy atom. The Balaban J connectivity index is 0.000000293. The number of thiol groups is 1. The predicted molar refractivity (Wildman–Crippen MR) is 260 cm³/mol. The number of carbonyl (C=O) groups is 6. The first-order chi connectivity index (χ1) is 31.6. The van der Waals surface area contributed by atoms with Gasteiger partial charge in [-0.15, -0.1) is 24.4 Å². The molecule has 0 aliphatic rings. The predicted octanol–water partition coefficient (Wildman–Crippen LogP) is 10.9. The van der Waals surface area contributed by atoms with Crippen LogP contribution in [-0.4, -0.2) is 61.7 Å². The maximum atomic E-state index is 12.1. The number of rotatable bonds is 11. The van der Waals surface area contributed by atoms with E-state index in [0.717, 1.165) is 4.90 Å². The van der Waals surface area contributed by atoms with Gasteiger partial charge in [0.1, 0.15) is 0 Å². The molecule has 6 aromatic rings.